The largest absolute Gasteiger partial charge is 0.508 e. The number of hydrogen-bond donors (Lipinski definition) is 3. The number of nitrogens with one attached hydrogen (secondary N) is 2. The normalized spacial score (nSPS) is 13.7. The zero-order valence-corrected chi connectivity index (χ0v) is 11.1. The van der Waals surface area contributed by atoms with Crippen LogP contribution in [-0.4, -0.2) is 24.2 Å². The predicted octanol–water partition coefficient (Wildman–Crippen LogP) is 2.35. The smallest absolute Gasteiger partial charge is 0.195 e. The molecule has 2 aromatic rings. The fourth-order valence-corrected chi connectivity index (χ4v) is 2.17. The Morgan fingerprint density at radius 1 is 1.00 bits per heavy atom. The highest BCUT2D eigenvalue weighted by molar-refractivity contribution is 5.94. The first kappa shape index (κ1) is 12.5. The van der Waals surface area contributed by atoms with Gasteiger partial charge in [-0.2, -0.15) is 0 Å². The second-order valence-corrected chi connectivity index (χ2v) is 4.82. The minimum absolute atomic E-state index is 0.304. The van der Waals surface area contributed by atoms with E-state index in [9.17, 15) is 5.11 Å². The summed E-state index contributed by atoms with van der Waals surface area (Å²) in [4.78, 5) is 4.30. The molecule has 20 heavy (non-hydrogen) atoms. The summed E-state index contributed by atoms with van der Waals surface area (Å²) in [6.45, 7) is 1.74. The maximum Gasteiger partial charge on any atom is 0.195 e. The lowest BCUT2D eigenvalue weighted by atomic mass is 10.0. The van der Waals surface area contributed by atoms with Crippen LogP contribution in [0.25, 0.3) is 0 Å². The summed E-state index contributed by atoms with van der Waals surface area (Å²) in [6, 6.07) is 15.6. The lowest BCUT2D eigenvalue weighted by molar-refractivity contribution is 0.475. The van der Waals surface area contributed by atoms with E-state index in [-0.39, 0.29) is 0 Å². The van der Waals surface area contributed by atoms with Gasteiger partial charge in [0.05, 0.1) is 6.54 Å². The molecule has 3 rings (SSSR count). The van der Waals surface area contributed by atoms with E-state index in [0.717, 1.165) is 31.2 Å². The first-order chi connectivity index (χ1) is 9.79. The zero-order valence-electron chi connectivity index (χ0n) is 11.1. The van der Waals surface area contributed by atoms with Crippen LogP contribution in [0.1, 0.15) is 11.1 Å². The molecule has 4 nitrogen and oxygen atoms in total. The van der Waals surface area contributed by atoms with E-state index < -0.39 is 0 Å². The number of rotatable bonds is 3. The average Bonchev–Trinajstić information content (AvgIpc) is 2.96. The van der Waals surface area contributed by atoms with E-state index in [1.54, 1.807) is 12.1 Å². The molecule has 0 fully saturated rings. The molecule has 1 aliphatic heterocycles. The summed E-state index contributed by atoms with van der Waals surface area (Å²) >= 11 is 0. The van der Waals surface area contributed by atoms with Crippen molar-refractivity contribution in [1.82, 2.24) is 5.32 Å². The van der Waals surface area contributed by atoms with Crippen LogP contribution in [-0.2, 0) is 6.42 Å². The molecular formula is C16H17N3O. The van der Waals surface area contributed by atoms with Crippen molar-refractivity contribution < 1.29 is 5.11 Å². The molecular weight excluding hydrogens is 250 g/mol. The Balaban J connectivity index is 1.65. The van der Waals surface area contributed by atoms with Crippen LogP contribution in [0.15, 0.2) is 53.5 Å². The standard InChI is InChI=1S/C16H17N3O/c20-15-7-3-13(4-8-15)11-12-1-5-14(6-2-12)19-16-17-9-10-18-16/h1-8,20H,9-11H2,(H2,17,18,19). The molecule has 0 bridgehead atoms. The second-order valence-electron chi connectivity index (χ2n) is 4.82. The predicted molar refractivity (Wildman–Crippen MR) is 81.3 cm³/mol. The van der Waals surface area contributed by atoms with Crippen LogP contribution in [0.5, 0.6) is 5.75 Å². The van der Waals surface area contributed by atoms with E-state index in [0.29, 0.717) is 5.75 Å². The fraction of sp³-hybridized carbons (Fsp3) is 0.188. The van der Waals surface area contributed by atoms with Gasteiger partial charge in [0.15, 0.2) is 5.96 Å². The third-order valence-electron chi connectivity index (χ3n) is 3.24. The van der Waals surface area contributed by atoms with E-state index in [1.807, 2.05) is 12.1 Å². The molecule has 1 heterocycles. The van der Waals surface area contributed by atoms with Gasteiger partial charge in [-0.05, 0) is 41.8 Å². The summed E-state index contributed by atoms with van der Waals surface area (Å²) in [5.41, 5.74) is 3.46. The minimum Gasteiger partial charge on any atom is -0.508 e. The molecule has 3 N–H and O–H groups in total. The van der Waals surface area contributed by atoms with Crippen molar-refractivity contribution in [2.75, 3.05) is 18.4 Å². The summed E-state index contributed by atoms with van der Waals surface area (Å²) < 4.78 is 0. The third-order valence-corrected chi connectivity index (χ3v) is 3.24. The Kier molecular flexibility index (Phi) is 3.54. The highest BCUT2D eigenvalue weighted by atomic mass is 16.3. The van der Waals surface area contributed by atoms with Crippen LogP contribution < -0.4 is 10.6 Å². The van der Waals surface area contributed by atoms with Crippen molar-refractivity contribution in [2.45, 2.75) is 6.42 Å². The van der Waals surface area contributed by atoms with Crippen molar-refractivity contribution in [3.63, 3.8) is 0 Å². The van der Waals surface area contributed by atoms with Crippen LogP contribution in [0.2, 0.25) is 0 Å². The van der Waals surface area contributed by atoms with Gasteiger partial charge in [0.2, 0.25) is 0 Å². The number of aliphatic imine (C=N–C) groups is 1. The number of aromatic hydroxyl groups is 1. The number of guanidine groups is 1. The summed E-state index contributed by atoms with van der Waals surface area (Å²) in [5, 5.41) is 15.7. The zero-order chi connectivity index (χ0) is 13.8. The summed E-state index contributed by atoms with van der Waals surface area (Å²) in [5.74, 6) is 1.15. The van der Waals surface area contributed by atoms with Gasteiger partial charge in [-0.1, -0.05) is 24.3 Å². The lowest BCUT2D eigenvalue weighted by Crippen LogP contribution is -2.26. The van der Waals surface area contributed by atoms with Gasteiger partial charge in [0.25, 0.3) is 0 Å². The molecule has 0 aromatic heterocycles. The third kappa shape index (κ3) is 3.09. The van der Waals surface area contributed by atoms with Gasteiger partial charge in [-0.3, -0.25) is 4.99 Å². The average molecular weight is 267 g/mol. The number of hydrogen-bond acceptors (Lipinski definition) is 4. The van der Waals surface area contributed by atoms with Gasteiger partial charge < -0.3 is 15.7 Å². The second kappa shape index (κ2) is 5.65. The quantitative estimate of drug-likeness (QED) is 0.800. The van der Waals surface area contributed by atoms with Gasteiger partial charge in [-0.25, -0.2) is 0 Å². The number of phenolic OH excluding ortho intramolecular Hbond substituents is 1. The van der Waals surface area contributed by atoms with E-state index in [4.69, 9.17) is 0 Å². The molecule has 0 radical (unpaired) electrons. The van der Waals surface area contributed by atoms with Crippen molar-refractivity contribution in [2.24, 2.45) is 4.99 Å². The molecule has 0 saturated carbocycles. The topological polar surface area (TPSA) is 56.6 Å². The number of phenols is 1. The van der Waals surface area contributed by atoms with Crippen LogP contribution in [0.4, 0.5) is 5.69 Å². The first-order valence-electron chi connectivity index (χ1n) is 6.72. The molecule has 0 aliphatic carbocycles. The molecule has 0 amide bonds. The summed E-state index contributed by atoms with van der Waals surface area (Å²) in [6.07, 6.45) is 0.861. The van der Waals surface area contributed by atoms with Gasteiger partial charge in [0.1, 0.15) is 5.75 Å². The fourth-order valence-electron chi connectivity index (χ4n) is 2.17. The molecule has 0 saturated heterocycles. The van der Waals surface area contributed by atoms with Crippen LogP contribution in [0.3, 0.4) is 0 Å². The minimum atomic E-state index is 0.304. The van der Waals surface area contributed by atoms with Gasteiger partial charge in [0, 0.05) is 12.2 Å². The van der Waals surface area contributed by atoms with E-state index in [2.05, 4.69) is 39.9 Å². The molecule has 2 aromatic carbocycles. The summed E-state index contributed by atoms with van der Waals surface area (Å²) in [7, 11) is 0. The van der Waals surface area contributed by atoms with E-state index in [1.165, 1.54) is 11.1 Å². The Hall–Kier alpha value is -2.49. The maximum absolute atomic E-state index is 9.27. The highest BCUT2D eigenvalue weighted by Crippen LogP contribution is 2.16. The van der Waals surface area contributed by atoms with Crippen molar-refractivity contribution >= 4 is 11.6 Å². The molecule has 0 unspecified atom stereocenters. The molecule has 4 heteroatoms. The Bertz CT molecular complexity index is 603. The molecule has 102 valence electrons. The Morgan fingerprint density at radius 2 is 1.65 bits per heavy atom. The number of nitrogens with zero attached hydrogens (tertiary/aromatic N) is 1. The van der Waals surface area contributed by atoms with Crippen molar-refractivity contribution in [3.8, 4) is 5.75 Å². The lowest BCUT2D eigenvalue weighted by Gasteiger charge is -2.08. The van der Waals surface area contributed by atoms with Crippen molar-refractivity contribution in [3.05, 3.63) is 59.7 Å². The van der Waals surface area contributed by atoms with Crippen LogP contribution in [0, 0.1) is 0 Å². The number of benzene rings is 2. The number of anilines is 1. The van der Waals surface area contributed by atoms with Gasteiger partial charge >= 0.3 is 0 Å². The highest BCUT2D eigenvalue weighted by Gasteiger charge is 2.04. The molecule has 1 aliphatic rings. The molecule has 0 atom stereocenters. The van der Waals surface area contributed by atoms with Crippen molar-refractivity contribution in [1.29, 1.82) is 0 Å². The Morgan fingerprint density at radius 3 is 2.25 bits per heavy atom. The SMILES string of the molecule is Oc1ccc(Cc2ccc(NC3=NCCN3)cc2)cc1. The van der Waals surface area contributed by atoms with Crippen LogP contribution >= 0.6 is 0 Å². The monoisotopic (exact) mass is 267 g/mol. The van der Waals surface area contributed by atoms with Gasteiger partial charge in [-0.15, -0.1) is 0 Å². The Labute approximate surface area is 118 Å². The maximum atomic E-state index is 9.27. The molecule has 0 spiro atoms. The first-order valence-corrected chi connectivity index (χ1v) is 6.72. The van der Waals surface area contributed by atoms with E-state index >= 15 is 0 Å².